The molecular formula is C18H32N4O3. The Bertz CT molecular complexity index is 539. The summed E-state index contributed by atoms with van der Waals surface area (Å²) in [4.78, 5) is 21.5. The number of pyridine rings is 1. The molecule has 0 saturated carbocycles. The van der Waals surface area contributed by atoms with E-state index in [1.807, 2.05) is 26.0 Å². The van der Waals surface area contributed by atoms with E-state index in [9.17, 15) is 15.0 Å². The molecular weight excluding hydrogens is 320 g/mol. The predicted molar refractivity (Wildman–Crippen MR) is 98.6 cm³/mol. The molecule has 2 heterocycles. The monoisotopic (exact) mass is 352 g/mol. The number of nitrogens with zero attached hydrogens (tertiary/aromatic N) is 3. The van der Waals surface area contributed by atoms with Gasteiger partial charge in [0.15, 0.2) is 0 Å². The standard InChI is InChI=1S/C18H32N4O3/c1-15(23)12-20-6-7-21(13-16(2)24)9-11-22(10-8-20)14-17-4-3-5-19-18(17)25/h3-5,15-16,23-24H,6-14H2,1-2H3,(H,19,25)/t15-,16-/m0/s1. The number of H-pyrrole nitrogens is 1. The zero-order chi connectivity index (χ0) is 18.2. The van der Waals surface area contributed by atoms with Gasteiger partial charge >= 0.3 is 0 Å². The minimum atomic E-state index is -0.364. The summed E-state index contributed by atoms with van der Waals surface area (Å²) < 4.78 is 0. The molecule has 0 aromatic carbocycles. The van der Waals surface area contributed by atoms with Gasteiger partial charge in [0.25, 0.3) is 5.56 Å². The third-order valence-electron chi connectivity index (χ3n) is 4.54. The van der Waals surface area contributed by atoms with Gasteiger partial charge in [-0.1, -0.05) is 6.07 Å². The normalized spacial score (nSPS) is 21.3. The van der Waals surface area contributed by atoms with Gasteiger partial charge in [-0.25, -0.2) is 0 Å². The predicted octanol–water partition coefficient (Wildman–Crippen LogP) is -0.444. The molecule has 142 valence electrons. The number of β-amino-alcohol motifs (C(OH)–C–C–N with tert-alkyl or cyclic N) is 2. The molecule has 1 aliphatic rings. The number of aliphatic hydroxyl groups excluding tert-OH is 2. The van der Waals surface area contributed by atoms with Gasteiger partial charge in [-0.15, -0.1) is 0 Å². The summed E-state index contributed by atoms with van der Waals surface area (Å²) in [7, 11) is 0. The fraction of sp³-hybridized carbons (Fsp3) is 0.722. The minimum Gasteiger partial charge on any atom is -0.392 e. The summed E-state index contributed by atoms with van der Waals surface area (Å²) >= 11 is 0. The lowest BCUT2D eigenvalue weighted by Crippen LogP contribution is -2.41. The Kier molecular flexibility index (Phi) is 8.05. The van der Waals surface area contributed by atoms with Gasteiger partial charge < -0.3 is 15.2 Å². The van der Waals surface area contributed by atoms with Crippen molar-refractivity contribution in [1.29, 1.82) is 0 Å². The van der Waals surface area contributed by atoms with Gasteiger partial charge in [0, 0.05) is 70.7 Å². The molecule has 0 aliphatic carbocycles. The Balaban J connectivity index is 2.05. The van der Waals surface area contributed by atoms with Crippen LogP contribution >= 0.6 is 0 Å². The lowest BCUT2D eigenvalue weighted by atomic mass is 10.2. The summed E-state index contributed by atoms with van der Waals surface area (Å²) in [6, 6.07) is 3.72. The lowest BCUT2D eigenvalue weighted by molar-refractivity contribution is 0.102. The van der Waals surface area contributed by atoms with Crippen LogP contribution in [0.4, 0.5) is 0 Å². The molecule has 0 radical (unpaired) electrons. The third kappa shape index (κ3) is 7.25. The van der Waals surface area contributed by atoms with Gasteiger partial charge in [-0.2, -0.15) is 0 Å². The minimum absolute atomic E-state index is 0.0379. The summed E-state index contributed by atoms with van der Waals surface area (Å²) in [6.45, 7) is 10.7. The second-order valence-corrected chi connectivity index (χ2v) is 7.10. The van der Waals surface area contributed by atoms with E-state index in [4.69, 9.17) is 0 Å². The number of nitrogens with one attached hydrogen (secondary N) is 1. The Morgan fingerprint density at radius 3 is 1.88 bits per heavy atom. The first-order chi connectivity index (χ1) is 11.9. The van der Waals surface area contributed by atoms with Crippen molar-refractivity contribution in [2.24, 2.45) is 0 Å². The molecule has 0 bridgehead atoms. The molecule has 25 heavy (non-hydrogen) atoms. The van der Waals surface area contributed by atoms with Crippen molar-refractivity contribution in [3.05, 3.63) is 34.2 Å². The number of aromatic amines is 1. The highest BCUT2D eigenvalue weighted by atomic mass is 16.3. The van der Waals surface area contributed by atoms with Crippen LogP contribution in [-0.4, -0.2) is 94.5 Å². The van der Waals surface area contributed by atoms with Crippen LogP contribution in [0.5, 0.6) is 0 Å². The van der Waals surface area contributed by atoms with E-state index < -0.39 is 0 Å². The van der Waals surface area contributed by atoms with Crippen molar-refractivity contribution >= 4 is 0 Å². The average Bonchev–Trinajstić information content (AvgIpc) is 2.62. The van der Waals surface area contributed by atoms with Crippen molar-refractivity contribution in [2.75, 3.05) is 52.4 Å². The Morgan fingerprint density at radius 1 is 0.960 bits per heavy atom. The second-order valence-electron chi connectivity index (χ2n) is 7.10. The van der Waals surface area contributed by atoms with E-state index in [2.05, 4.69) is 19.7 Å². The van der Waals surface area contributed by atoms with Crippen LogP contribution in [0.15, 0.2) is 23.1 Å². The van der Waals surface area contributed by atoms with E-state index in [1.54, 1.807) is 6.20 Å². The summed E-state index contributed by atoms with van der Waals surface area (Å²) in [5, 5.41) is 19.5. The molecule has 1 aromatic rings. The summed E-state index contributed by atoms with van der Waals surface area (Å²) in [5.74, 6) is 0. The molecule has 1 fully saturated rings. The number of rotatable bonds is 6. The molecule has 0 spiro atoms. The van der Waals surface area contributed by atoms with Crippen molar-refractivity contribution in [3.8, 4) is 0 Å². The van der Waals surface area contributed by atoms with Gasteiger partial charge in [0.2, 0.25) is 0 Å². The van der Waals surface area contributed by atoms with E-state index in [0.717, 1.165) is 44.8 Å². The summed E-state index contributed by atoms with van der Waals surface area (Å²) in [6.07, 6.45) is 0.923. The van der Waals surface area contributed by atoms with Crippen molar-refractivity contribution in [3.63, 3.8) is 0 Å². The molecule has 2 rings (SSSR count). The van der Waals surface area contributed by atoms with Gasteiger partial charge in [0.1, 0.15) is 0 Å². The van der Waals surface area contributed by atoms with Crippen LogP contribution in [0.2, 0.25) is 0 Å². The maximum Gasteiger partial charge on any atom is 0.252 e. The van der Waals surface area contributed by atoms with Crippen LogP contribution < -0.4 is 5.56 Å². The van der Waals surface area contributed by atoms with Crippen LogP contribution in [0, 0.1) is 0 Å². The van der Waals surface area contributed by atoms with E-state index in [0.29, 0.717) is 19.6 Å². The zero-order valence-electron chi connectivity index (χ0n) is 15.4. The second kappa shape index (κ2) is 10.0. The van der Waals surface area contributed by atoms with Crippen molar-refractivity contribution in [1.82, 2.24) is 19.7 Å². The Labute approximate surface area is 149 Å². The van der Waals surface area contributed by atoms with Gasteiger partial charge in [-0.3, -0.25) is 19.5 Å². The molecule has 1 aliphatic heterocycles. The zero-order valence-corrected chi connectivity index (χ0v) is 15.4. The first kappa shape index (κ1) is 20.1. The van der Waals surface area contributed by atoms with Gasteiger partial charge in [-0.05, 0) is 19.9 Å². The maximum atomic E-state index is 12.0. The van der Waals surface area contributed by atoms with Crippen LogP contribution in [-0.2, 0) is 6.54 Å². The largest absolute Gasteiger partial charge is 0.392 e. The SMILES string of the molecule is C[C@H](O)CN1CCN(Cc2ccc[nH]c2=O)CCN(C[C@H](C)O)CC1. The number of aliphatic hydroxyl groups is 2. The van der Waals surface area contributed by atoms with Crippen molar-refractivity contribution < 1.29 is 10.2 Å². The molecule has 0 unspecified atom stereocenters. The first-order valence-corrected chi connectivity index (χ1v) is 9.14. The van der Waals surface area contributed by atoms with Gasteiger partial charge in [0.05, 0.1) is 12.2 Å². The summed E-state index contributed by atoms with van der Waals surface area (Å²) in [5.41, 5.74) is 0.731. The highest BCUT2D eigenvalue weighted by Gasteiger charge is 2.18. The van der Waals surface area contributed by atoms with E-state index in [-0.39, 0.29) is 17.8 Å². The fourth-order valence-corrected chi connectivity index (χ4v) is 3.28. The van der Waals surface area contributed by atoms with Crippen LogP contribution in [0.3, 0.4) is 0 Å². The maximum absolute atomic E-state index is 12.0. The van der Waals surface area contributed by atoms with Crippen LogP contribution in [0.1, 0.15) is 19.4 Å². The smallest absolute Gasteiger partial charge is 0.252 e. The average molecular weight is 352 g/mol. The molecule has 1 saturated heterocycles. The first-order valence-electron chi connectivity index (χ1n) is 9.14. The molecule has 7 nitrogen and oxygen atoms in total. The number of aromatic nitrogens is 1. The molecule has 1 aromatic heterocycles. The van der Waals surface area contributed by atoms with E-state index in [1.165, 1.54) is 0 Å². The quantitative estimate of drug-likeness (QED) is 0.644. The topological polar surface area (TPSA) is 83.0 Å². The third-order valence-corrected chi connectivity index (χ3v) is 4.54. The van der Waals surface area contributed by atoms with Crippen molar-refractivity contribution in [2.45, 2.75) is 32.6 Å². The number of hydrogen-bond donors (Lipinski definition) is 3. The molecule has 7 heteroatoms. The molecule has 2 atom stereocenters. The molecule has 3 N–H and O–H groups in total. The number of hydrogen-bond acceptors (Lipinski definition) is 6. The van der Waals surface area contributed by atoms with E-state index >= 15 is 0 Å². The Morgan fingerprint density at radius 2 is 1.44 bits per heavy atom. The van der Waals surface area contributed by atoms with Crippen LogP contribution in [0.25, 0.3) is 0 Å². The highest BCUT2D eigenvalue weighted by molar-refractivity contribution is 5.08. The fourth-order valence-electron chi connectivity index (χ4n) is 3.28. The Hall–Kier alpha value is -1.25. The molecule has 0 amide bonds. The highest BCUT2D eigenvalue weighted by Crippen LogP contribution is 2.05. The lowest BCUT2D eigenvalue weighted by Gasteiger charge is -2.27.